The van der Waals surface area contributed by atoms with Gasteiger partial charge in [-0.05, 0) is 0 Å². The second kappa shape index (κ2) is 6.76. The number of aliphatic hydroxyl groups excluding tert-OH is 2. The van der Waals surface area contributed by atoms with Crippen LogP contribution in [0, 0.1) is 0 Å². The van der Waals surface area contributed by atoms with E-state index in [0.29, 0.717) is 0 Å². The quantitative estimate of drug-likeness (QED) is 0.400. The molecule has 1 saturated heterocycles. The Balaban J connectivity index is 2.78. The lowest BCUT2D eigenvalue weighted by Crippen LogP contribution is -2.64. The highest BCUT2D eigenvalue weighted by atomic mass is 32.3. The van der Waals surface area contributed by atoms with Crippen molar-refractivity contribution in [3.05, 3.63) is 0 Å². The molecule has 0 aliphatic carbocycles. The van der Waals surface area contributed by atoms with Crippen LogP contribution in [0.25, 0.3) is 0 Å². The van der Waals surface area contributed by atoms with Crippen molar-refractivity contribution >= 4 is 16.3 Å². The van der Waals surface area contributed by atoms with Gasteiger partial charge >= 0.3 is 10.4 Å². The van der Waals surface area contributed by atoms with Crippen LogP contribution < -0.4 is 5.32 Å². The molecule has 4 N–H and O–H groups in total. The third kappa shape index (κ3) is 4.63. The van der Waals surface area contributed by atoms with Crippen LogP contribution in [0.4, 0.5) is 0 Å². The highest BCUT2D eigenvalue weighted by Gasteiger charge is 2.45. The Bertz CT molecular complexity index is 439. The molecule has 0 aromatic carbocycles. The number of carbonyl (C=O) groups excluding carboxylic acids is 1. The standard InChI is InChI=1S/C9H17NO9S/c1-4(11)10-6-7(12)8(17-2)5(19-9(6)13)3-18-20(14,15)16/h5-9,12-13H,3H2,1-2H3,(H,10,11)(H,14,15,16)/t5-,6?,7?,8+,9?/m0/s1. The Labute approximate surface area is 115 Å². The largest absolute Gasteiger partial charge is 0.397 e. The Hall–Kier alpha value is -0.820. The van der Waals surface area contributed by atoms with Gasteiger partial charge in [-0.2, -0.15) is 8.42 Å². The van der Waals surface area contributed by atoms with Gasteiger partial charge in [0.15, 0.2) is 6.29 Å². The molecule has 5 atom stereocenters. The first-order valence-electron chi connectivity index (χ1n) is 5.59. The molecular formula is C9H17NO9S. The van der Waals surface area contributed by atoms with E-state index in [4.69, 9.17) is 14.0 Å². The Kier molecular flexibility index (Phi) is 5.82. The molecule has 1 rings (SSSR count). The first-order valence-corrected chi connectivity index (χ1v) is 6.95. The molecular weight excluding hydrogens is 298 g/mol. The van der Waals surface area contributed by atoms with E-state index in [1.807, 2.05) is 0 Å². The minimum atomic E-state index is -4.69. The maximum atomic E-state index is 11.0. The Morgan fingerprint density at radius 2 is 2.00 bits per heavy atom. The van der Waals surface area contributed by atoms with Crippen LogP contribution in [0.2, 0.25) is 0 Å². The van der Waals surface area contributed by atoms with Crippen LogP contribution in [-0.4, -0.2) is 73.5 Å². The number of methoxy groups -OCH3 is 1. The third-order valence-electron chi connectivity index (χ3n) is 2.72. The predicted octanol–water partition coefficient (Wildman–Crippen LogP) is -2.60. The van der Waals surface area contributed by atoms with Crippen molar-refractivity contribution in [1.82, 2.24) is 5.32 Å². The lowest BCUT2D eigenvalue weighted by atomic mass is 9.97. The summed E-state index contributed by atoms with van der Waals surface area (Å²) in [6.07, 6.45) is -5.17. The molecule has 1 aliphatic heterocycles. The zero-order chi connectivity index (χ0) is 15.5. The lowest BCUT2D eigenvalue weighted by Gasteiger charge is -2.41. The summed E-state index contributed by atoms with van der Waals surface area (Å²) >= 11 is 0. The normalized spacial score (nSPS) is 34.8. The van der Waals surface area contributed by atoms with Crippen LogP contribution >= 0.6 is 0 Å². The first-order chi connectivity index (χ1) is 9.15. The Morgan fingerprint density at radius 1 is 1.40 bits per heavy atom. The molecule has 0 radical (unpaired) electrons. The van der Waals surface area contributed by atoms with Crippen molar-refractivity contribution in [2.45, 2.75) is 37.6 Å². The fourth-order valence-corrected chi connectivity index (χ4v) is 2.21. The average molecular weight is 315 g/mol. The smallest absolute Gasteiger partial charge is 0.388 e. The summed E-state index contributed by atoms with van der Waals surface area (Å²) in [5.41, 5.74) is 0. The van der Waals surface area contributed by atoms with Gasteiger partial charge in [0.1, 0.15) is 24.4 Å². The van der Waals surface area contributed by atoms with E-state index in [2.05, 4.69) is 9.50 Å². The SMILES string of the molecule is CO[C@H]1C(O)C(NC(C)=O)C(O)O[C@H]1COS(=O)(=O)O. The van der Waals surface area contributed by atoms with E-state index < -0.39 is 53.6 Å². The van der Waals surface area contributed by atoms with E-state index in [0.717, 1.165) is 0 Å². The summed E-state index contributed by atoms with van der Waals surface area (Å²) in [6, 6.07) is -1.14. The van der Waals surface area contributed by atoms with Gasteiger partial charge in [-0.25, -0.2) is 4.18 Å². The summed E-state index contributed by atoms with van der Waals surface area (Å²) in [7, 11) is -3.47. The van der Waals surface area contributed by atoms with Gasteiger partial charge in [-0.15, -0.1) is 0 Å². The molecule has 0 aromatic heterocycles. The van der Waals surface area contributed by atoms with Gasteiger partial charge in [0, 0.05) is 14.0 Å². The fourth-order valence-electron chi connectivity index (χ4n) is 1.90. The highest BCUT2D eigenvalue weighted by molar-refractivity contribution is 7.80. The zero-order valence-electron chi connectivity index (χ0n) is 10.8. The van der Waals surface area contributed by atoms with E-state index in [1.54, 1.807) is 0 Å². The van der Waals surface area contributed by atoms with E-state index >= 15 is 0 Å². The monoisotopic (exact) mass is 315 g/mol. The number of amides is 1. The minimum absolute atomic E-state index is 0.501. The van der Waals surface area contributed by atoms with E-state index in [9.17, 15) is 23.4 Å². The summed E-state index contributed by atoms with van der Waals surface area (Å²) in [5.74, 6) is -0.501. The number of aliphatic hydroxyl groups is 2. The van der Waals surface area contributed by atoms with E-state index in [-0.39, 0.29) is 0 Å². The third-order valence-corrected chi connectivity index (χ3v) is 3.15. The number of rotatable bonds is 5. The summed E-state index contributed by atoms with van der Waals surface area (Å²) < 4.78 is 43.6. The molecule has 1 heterocycles. The molecule has 118 valence electrons. The summed E-state index contributed by atoms with van der Waals surface area (Å²) in [4.78, 5) is 11.0. The van der Waals surface area contributed by atoms with Crippen LogP contribution in [0.1, 0.15) is 6.92 Å². The van der Waals surface area contributed by atoms with Crippen LogP contribution in [-0.2, 0) is 28.9 Å². The van der Waals surface area contributed by atoms with Crippen molar-refractivity contribution in [2.75, 3.05) is 13.7 Å². The topological polar surface area (TPSA) is 152 Å². The molecule has 1 aliphatic rings. The van der Waals surface area contributed by atoms with Crippen molar-refractivity contribution < 1.29 is 41.6 Å². The van der Waals surface area contributed by atoms with Crippen LogP contribution in [0.15, 0.2) is 0 Å². The van der Waals surface area contributed by atoms with Crippen molar-refractivity contribution in [3.63, 3.8) is 0 Å². The second-order valence-electron chi connectivity index (χ2n) is 4.19. The minimum Gasteiger partial charge on any atom is -0.388 e. The molecule has 3 unspecified atom stereocenters. The average Bonchev–Trinajstić information content (AvgIpc) is 2.30. The van der Waals surface area contributed by atoms with Crippen molar-refractivity contribution in [3.8, 4) is 0 Å². The van der Waals surface area contributed by atoms with Gasteiger partial charge in [0.25, 0.3) is 0 Å². The maximum absolute atomic E-state index is 11.0. The number of nitrogens with one attached hydrogen (secondary N) is 1. The molecule has 0 bridgehead atoms. The molecule has 11 heteroatoms. The highest BCUT2D eigenvalue weighted by Crippen LogP contribution is 2.22. The Morgan fingerprint density at radius 3 is 2.45 bits per heavy atom. The number of ether oxygens (including phenoxy) is 2. The maximum Gasteiger partial charge on any atom is 0.397 e. The number of hydrogen-bond donors (Lipinski definition) is 4. The molecule has 0 saturated carbocycles. The predicted molar refractivity (Wildman–Crippen MR) is 62.8 cm³/mol. The van der Waals surface area contributed by atoms with Gasteiger partial charge in [0.2, 0.25) is 5.91 Å². The number of carbonyl (C=O) groups is 1. The van der Waals surface area contributed by atoms with Gasteiger partial charge in [-0.1, -0.05) is 0 Å². The summed E-state index contributed by atoms with van der Waals surface area (Å²) in [6.45, 7) is 0.521. The van der Waals surface area contributed by atoms with Crippen molar-refractivity contribution in [1.29, 1.82) is 0 Å². The van der Waals surface area contributed by atoms with Crippen molar-refractivity contribution in [2.24, 2.45) is 0 Å². The van der Waals surface area contributed by atoms with Gasteiger partial charge < -0.3 is 25.0 Å². The van der Waals surface area contributed by atoms with E-state index in [1.165, 1.54) is 14.0 Å². The fraction of sp³-hybridized carbons (Fsp3) is 0.889. The number of hydrogen-bond acceptors (Lipinski definition) is 8. The first kappa shape index (κ1) is 17.2. The van der Waals surface area contributed by atoms with Crippen LogP contribution in [0.3, 0.4) is 0 Å². The van der Waals surface area contributed by atoms with Gasteiger partial charge in [0.05, 0.1) is 6.61 Å². The molecule has 0 aromatic rings. The second-order valence-corrected chi connectivity index (χ2v) is 5.29. The molecule has 0 spiro atoms. The summed E-state index contributed by atoms with van der Waals surface area (Å²) in [5, 5.41) is 22.0. The molecule has 20 heavy (non-hydrogen) atoms. The van der Waals surface area contributed by atoms with Crippen LogP contribution in [0.5, 0.6) is 0 Å². The molecule has 10 nitrogen and oxygen atoms in total. The van der Waals surface area contributed by atoms with Gasteiger partial charge in [-0.3, -0.25) is 9.35 Å². The molecule has 1 fully saturated rings. The molecule has 1 amide bonds. The lowest BCUT2D eigenvalue weighted by molar-refractivity contribution is -0.257. The zero-order valence-corrected chi connectivity index (χ0v) is 11.6.